The van der Waals surface area contributed by atoms with Crippen molar-refractivity contribution >= 4 is 11.9 Å². The van der Waals surface area contributed by atoms with E-state index in [1.807, 2.05) is 6.92 Å². The normalized spacial score (nSPS) is 14.2. The summed E-state index contributed by atoms with van der Waals surface area (Å²) in [5.74, 6) is -1.63. The van der Waals surface area contributed by atoms with Crippen molar-refractivity contribution in [2.45, 2.75) is 58.8 Å². The van der Waals surface area contributed by atoms with Gasteiger partial charge in [-0.3, -0.25) is 9.59 Å². The molecular formula is C13H24O4. The molecule has 0 aliphatic carbocycles. The van der Waals surface area contributed by atoms with Crippen LogP contribution in [-0.2, 0) is 9.59 Å². The summed E-state index contributed by atoms with van der Waals surface area (Å²) >= 11 is 0. The molecule has 0 spiro atoms. The van der Waals surface area contributed by atoms with Crippen molar-refractivity contribution in [3.8, 4) is 0 Å². The first kappa shape index (κ1) is 15.9. The van der Waals surface area contributed by atoms with Crippen molar-refractivity contribution in [1.29, 1.82) is 0 Å². The molecule has 0 bridgehead atoms. The lowest BCUT2D eigenvalue weighted by Crippen LogP contribution is -2.23. The van der Waals surface area contributed by atoms with Crippen LogP contribution in [0.5, 0.6) is 0 Å². The zero-order chi connectivity index (χ0) is 13.3. The Morgan fingerprint density at radius 2 is 1.71 bits per heavy atom. The van der Waals surface area contributed by atoms with E-state index in [-0.39, 0.29) is 18.3 Å². The molecule has 0 rings (SSSR count). The van der Waals surface area contributed by atoms with E-state index >= 15 is 0 Å². The highest BCUT2D eigenvalue weighted by molar-refractivity contribution is 5.70. The smallest absolute Gasteiger partial charge is 0.306 e. The minimum absolute atomic E-state index is 0.136. The summed E-state index contributed by atoms with van der Waals surface area (Å²) in [5.41, 5.74) is 0. The fraction of sp³-hybridized carbons (Fsp3) is 0.846. The lowest BCUT2D eigenvalue weighted by atomic mass is 9.83. The van der Waals surface area contributed by atoms with E-state index in [2.05, 4.69) is 6.92 Å². The quantitative estimate of drug-likeness (QED) is 0.579. The summed E-state index contributed by atoms with van der Waals surface area (Å²) in [6.07, 6.45) is 4.80. The van der Waals surface area contributed by atoms with Crippen molar-refractivity contribution < 1.29 is 19.8 Å². The maximum absolute atomic E-state index is 11.2. The lowest BCUT2D eigenvalue weighted by molar-refractivity contribution is -0.144. The molecule has 0 heterocycles. The third-order valence-electron chi connectivity index (χ3n) is 3.23. The number of hydrogen-bond acceptors (Lipinski definition) is 2. The van der Waals surface area contributed by atoms with E-state index in [9.17, 15) is 14.7 Å². The van der Waals surface area contributed by atoms with Crippen LogP contribution >= 0.6 is 0 Å². The van der Waals surface area contributed by atoms with Crippen LogP contribution in [0.1, 0.15) is 58.8 Å². The Balaban J connectivity index is 4.13. The van der Waals surface area contributed by atoms with Gasteiger partial charge < -0.3 is 10.2 Å². The first-order chi connectivity index (χ1) is 8.02. The Kier molecular flexibility index (Phi) is 8.46. The van der Waals surface area contributed by atoms with Gasteiger partial charge in [0.15, 0.2) is 0 Å². The van der Waals surface area contributed by atoms with Crippen molar-refractivity contribution in [3.63, 3.8) is 0 Å². The number of aliphatic carboxylic acids is 2. The van der Waals surface area contributed by atoms with E-state index in [1.54, 1.807) is 0 Å². The number of carbonyl (C=O) groups is 2. The third kappa shape index (κ3) is 6.97. The van der Waals surface area contributed by atoms with E-state index in [1.165, 1.54) is 0 Å². The summed E-state index contributed by atoms with van der Waals surface area (Å²) in [6.45, 7) is 4.08. The molecule has 4 heteroatoms. The van der Waals surface area contributed by atoms with Gasteiger partial charge in [0.1, 0.15) is 0 Å². The number of carboxylic acid groups (broad SMARTS) is 2. The molecule has 0 fully saturated rings. The maximum atomic E-state index is 11.2. The Hall–Kier alpha value is -1.06. The van der Waals surface area contributed by atoms with Gasteiger partial charge in [0.2, 0.25) is 0 Å². The van der Waals surface area contributed by atoms with Crippen molar-refractivity contribution in [2.24, 2.45) is 11.8 Å². The molecule has 0 aromatic heterocycles. The molecule has 0 aliphatic heterocycles. The van der Waals surface area contributed by atoms with Crippen LogP contribution in [0.25, 0.3) is 0 Å². The van der Waals surface area contributed by atoms with E-state index in [0.29, 0.717) is 19.3 Å². The van der Waals surface area contributed by atoms with Crippen LogP contribution in [0.4, 0.5) is 0 Å². The van der Waals surface area contributed by atoms with Gasteiger partial charge in [-0.05, 0) is 25.2 Å². The predicted molar refractivity (Wildman–Crippen MR) is 65.9 cm³/mol. The van der Waals surface area contributed by atoms with E-state index < -0.39 is 11.9 Å². The molecule has 2 unspecified atom stereocenters. The average Bonchev–Trinajstić information content (AvgIpc) is 2.26. The fourth-order valence-electron chi connectivity index (χ4n) is 2.26. The second kappa shape index (κ2) is 9.02. The second-order valence-corrected chi connectivity index (χ2v) is 4.54. The minimum Gasteiger partial charge on any atom is -0.481 e. The highest BCUT2D eigenvalue weighted by atomic mass is 16.4. The predicted octanol–water partition coefficient (Wildman–Crippen LogP) is 3.16. The molecule has 0 aromatic rings. The molecule has 0 saturated carbocycles. The zero-order valence-corrected chi connectivity index (χ0v) is 10.8. The number of rotatable bonds is 10. The van der Waals surface area contributed by atoms with Crippen LogP contribution < -0.4 is 0 Å². The summed E-state index contributed by atoms with van der Waals surface area (Å²) < 4.78 is 0. The van der Waals surface area contributed by atoms with Gasteiger partial charge in [-0.1, -0.05) is 33.1 Å². The van der Waals surface area contributed by atoms with Gasteiger partial charge in [-0.15, -0.1) is 0 Å². The van der Waals surface area contributed by atoms with E-state index in [4.69, 9.17) is 5.11 Å². The summed E-state index contributed by atoms with van der Waals surface area (Å²) in [6, 6.07) is 0. The minimum atomic E-state index is -0.808. The maximum Gasteiger partial charge on any atom is 0.306 e. The van der Waals surface area contributed by atoms with Gasteiger partial charge in [-0.2, -0.15) is 0 Å². The van der Waals surface area contributed by atoms with Gasteiger partial charge in [0, 0.05) is 6.42 Å². The van der Waals surface area contributed by atoms with Crippen LogP contribution in [0, 0.1) is 11.8 Å². The second-order valence-electron chi connectivity index (χ2n) is 4.54. The largest absolute Gasteiger partial charge is 0.481 e. The van der Waals surface area contributed by atoms with Crippen LogP contribution in [0.3, 0.4) is 0 Å². The fourth-order valence-corrected chi connectivity index (χ4v) is 2.26. The monoisotopic (exact) mass is 244 g/mol. The lowest BCUT2D eigenvalue weighted by Gasteiger charge is -2.22. The Bertz CT molecular complexity index is 238. The Labute approximate surface area is 103 Å². The molecule has 2 N–H and O–H groups in total. The molecule has 2 atom stereocenters. The molecular weight excluding hydrogens is 220 g/mol. The van der Waals surface area contributed by atoms with Gasteiger partial charge >= 0.3 is 11.9 Å². The Morgan fingerprint density at radius 1 is 1.06 bits per heavy atom. The molecule has 100 valence electrons. The average molecular weight is 244 g/mol. The first-order valence-electron chi connectivity index (χ1n) is 6.47. The van der Waals surface area contributed by atoms with Crippen LogP contribution in [-0.4, -0.2) is 22.2 Å². The van der Waals surface area contributed by atoms with Crippen LogP contribution in [0.15, 0.2) is 0 Å². The third-order valence-corrected chi connectivity index (χ3v) is 3.23. The summed E-state index contributed by atoms with van der Waals surface area (Å²) in [7, 11) is 0. The molecule has 0 saturated heterocycles. The van der Waals surface area contributed by atoms with Gasteiger partial charge in [0.25, 0.3) is 0 Å². The first-order valence-corrected chi connectivity index (χ1v) is 6.47. The van der Waals surface area contributed by atoms with Gasteiger partial charge in [-0.25, -0.2) is 0 Å². The van der Waals surface area contributed by atoms with Crippen molar-refractivity contribution in [1.82, 2.24) is 0 Å². The van der Waals surface area contributed by atoms with Crippen molar-refractivity contribution in [3.05, 3.63) is 0 Å². The number of carboxylic acids is 2. The van der Waals surface area contributed by atoms with Gasteiger partial charge in [0.05, 0.1) is 5.92 Å². The molecule has 0 radical (unpaired) electrons. The van der Waals surface area contributed by atoms with Crippen LogP contribution in [0.2, 0.25) is 0 Å². The molecule has 0 amide bonds. The molecule has 0 aromatic carbocycles. The zero-order valence-electron chi connectivity index (χ0n) is 10.8. The Morgan fingerprint density at radius 3 is 2.12 bits per heavy atom. The summed E-state index contributed by atoms with van der Waals surface area (Å²) in [4.78, 5) is 21.5. The topological polar surface area (TPSA) is 74.6 Å². The molecule has 0 aliphatic rings. The number of hydrogen-bond donors (Lipinski definition) is 2. The summed E-state index contributed by atoms with van der Waals surface area (Å²) in [5, 5.41) is 17.7. The highest BCUT2D eigenvalue weighted by Crippen LogP contribution is 2.26. The number of unbranched alkanes of at least 4 members (excludes halogenated alkanes) is 1. The standard InChI is InChI=1S/C13H24O4/c1-3-7-10(4-2)11(13(16)17)8-5-6-9-12(14)15/h10-11H,3-9H2,1-2H3,(H,14,15)(H,16,17). The van der Waals surface area contributed by atoms with Crippen molar-refractivity contribution in [2.75, 3.05) is 0 Å². The molecule has 4 nitrogen and oxygen atoms in total. The SMILES string of the molecule is CCCC(CC)C(CCCCC(=O)O)C(=O)O. The van der Waals surface area contributed by atoms with E-state index in [0.717, 1.165) is 19.3 Å². The highest BCUT2D eigenvalue weighted by Gasteiger charge is 2.25. The molecule has 17 heavy (non-hydrogen) atoms.